The highest BCUT2D eigenvalue weighted by Crippen LogP contribution is 2.37. The molecule has 0 radical (unpaired) electrons. The number of amides is 3. The van der Waals surface area contributed by atoms with Crippen LogP contribution in [0.15, 0.2) is 115 Å². The fourth-order valence-electron chi connectivity index (χ4n) is 8.82. The van der Waals surface area contributed by atoms with Crippen molar-refractivity contribution in [1.29, 1.82) is 0 Å². The third-order valence-corrected chi connectivity index (χ3v) is 13.8. The number of halogens is 4. The second kappa shape index (κ2) is 27.0. The Morgan fingerprint density at radius 1 is 0.446 bits per heavy atom. The Balaban J connectivity index is 0.000000162. The molecule has 0 unspecified atom stereocenters. The first-order valence-corrected chi connectivity index (χ1v) is 25.9. The maximum atomic E-state index is 13.7. The van der Waals surface area contributed by atoms with Crippen molar-refractivity contribution in [3.8, 4) is 34.5 Å². The lowest BCUT2D eigenvalue weighted by Crippen LogP contribution is -2.15. The molecular weight excluding hydrogens is 1010 g/mol. The molecule has 0 aliphatic heterocycles. The Labute approximate surface area is 447 Å². The molecule has 0 spiro atoms. The van der Waals surface area contributed by atoms with E-state index in [4.69, 9.17) is 63.2 Å². The van der Waals surface area contributed by atoms with Crippen LogP contribution in [0, 0.1) is 12.7 Å². The molecule has 3 aliphatic carbocycles. The number of nitrogens with one attached hydrogen (secondary N) is 3. The normalized spacial score (nSPS) is 14.4. The van der Waals surface area contributed by atoms with Gasteiger partial charge in [-0.25, -0.2) is 4.39 Å². The van der Waals surface area contributed by atoms with Crippen molar-refractivity contribution in [3.05, 3.63) is 158 Å². The minimum atomic E-state index is -0.471. The molecule has 0 bridgehead atoms. The average molecular weight is 1070 g/mol. The van der Waals surface area contributed by atoms with Gasteiger partial charge in [0.1, 0.15) is 5.82 Å². The fourth-order valence-corrected chi connectivity index (χ4v) is 9.58. The summed E-state index contributed by atoms with van der Waals surface area (Å²) in [6.07, 6.45) is 13.7. The number of hydrogen-bond acceptors (Lipinski definition) is 9. The summed E-state index contributed by atoms with van der Waals surface area (Å²) in [6.45, 7) is 1.91. The fraction of sp³-hybridized carbons (Fsp3) is 0.328. The van der Waals surface area contributed by atoms with Crippen molar-refractivity contribution < 1.29 is 47.2 Å². The van der Waals surface area contributed by atoms with E-state index in [-0.39, 0.29) is 41.7 Å². The zero-order chi connectivity index (χ0) is 52.6. The average Bonchev–Trinajstić information content (AvgIpc) is 4.24. The molecule has 6 aromatic carbocycles. The van der Waals surface area contributed by atoms with Crippen molar-refractivity contribution in [3.63, 3.8) is 0 Å². The van der Waals surface area contributed by atoms with Gasteiger partial charge in [-0.1, -0.05) is 65.1 Å². The molecule has 0 atom stereocenters. The number of carbonyl (C=O) groups excluding carboxylic acids is 3. The summed E-state index contributed by atoms with van der Waals surface area (Å²) >= 11 is 18.4. The van der Waals surface area contributed by atoms with Gasteiger partial charge in [-0.2, -0.15) is 0 Å². The summed E-state index contributed by atoms with van der Waals surface area (Å²) in [5, 5.41) is 9.50. The maximum Gasteiger partial charge on any atom is 0.255 e. The predicted octanol–water partition coefficient (Wildman–Crippen LogP) is 15.2. The first-order chi connectivity index (χ1) is 35.8. The third kappa shape index (κ3) is 15.0. The molecule has 12 nitrogen and oxygen atoms in total. The first-order valence-electron chi connectivity index (χ1n) is 24.8. The molecule has 0 heterocycles. The zero-order valence-electron chi connectivity index (χ0n) is 41.9. The molecule has 6 aromatic rings. The number of benzene rings is 6. The predicted molar refractivity (Wildman–Crippen MR) is 291 cm³/mol. The number of ether oxygens (including phenoxy) is 6. The van der Waals surface area contributed by atoms with Crippen molar-refractivity contribution in [2.24, 2.45) is 0 Å². The molecule has 74 heavy (non-hydrogen) atoms. The quantitative estimate of drug-likeness (QED) is 0.0916. The molecular formula is C58H61Cl3FN3O9. The molecule has 9 rings (SSSR count). The molecule has 0 aromatic heterocycles. The lowest BCUT2D eigenvalue weighted by atomic mass is 10.1. The minimum absolute atomic E-state index is 0.150. The Hall–Kier alpha value is -6.67. The van der Waals surface area contributed by atoms with Gasteiger partial charge in [0.2, 0.25) is 0 Å². The zero-order valence-corrected chi connectivity index (χ0v) is 44.1. The molecule has 3 aliphatic rings. The van der Waals surface area contributed by atoms with Gasteiger partial charge < -0.3 is 44.4 Å². The van der Waals surface area contributed by atoms with E-state index in [1.807, 2.05) is 19.1 Å². The van der Waals surface area contributed by atoms with Crippen LogP contribution >= 0.6 is 34.8 Å². The van der Waals surface area contributed by atoms with E-state index in [1.165, 1.54) is 25.0 Å². The van der Waals surface area contributed by atoms with Gasteiger partial charge in [-0.05, 0) is 174 Å². The van der Waals surface area contributed by atoms with E-state index in [0.717, 1.165) is 69.8 Å². The lowest BCUT2D eigenvalue weighted by Gasteiger charge is -2.17. The monoisotopic (exact) mass is 1070 g/mol. The van der Waals surface area contributed by atoms with Crippen LogP contribution in [0.3, 0.4) is 0 Å². The summed E-state index contributed by atoms with van der Waals surface area (Å²) in [4.78, 5) is 37.6. The van der Waals surface area contributed by atoms with Crippen LogP contribution in [0.25, 0.3) is 0 Å². The summed E-state index contributed by atoms with van der Waals surface area (Å²) in [7, 11) is 4.75. The number of para-hydroxylation sites is 3. The number of aryl methyl sites for hydroxylation is 1. The van der Waals surface area contributed by atoms with Gasteiger partial charge in [0.25, 0.3) is 17.7 Å². The van der Waals surface area contributed by atoms with Crippen LogP contribution in [0.5, 0.6) is 34.5 Å². The molecule has 3 amide bonds. The molecule has 3 saturated carbocycles. The summed E-state index contributed by atoms with van der Waals surface area (Å²) in [5.74, 6) is 2.17. The van der Waals surface area contributed by atoms with E-state index in [0.29, 0.717) is 77.6 Å². The van der Waals surface area contributed by atoms with Gasteiger partial charge in [0.05, 0.1) is 71.8 Å². The SMILES string of the molecule is COc1ccc(C(=O)Nc2c(C)cccc2Cl)cc1OC1CCCC1.COc1ccc(C(=O)Nc2c(Cl)cccc2Cl)cc1OC1CCCC1.COc1ccc(C(=O)Nc2ccccc2F)cc1OC1CCCC1. The van der Waals surface area contributed by atoms with E-state index >= 15 is 0 Å². The second-order valence-electron chi connectivity index (χ2n) is 18.0. The van der Waals surface area contributed by atoms with Gasteiger partial charge in [-0.15, -0.1) is 0 Å². The van der Waals surface area contributed by atoms with Crippen LogP contribution in [-0.2, 0) is 0 Å². The molecule has 390 valence electrons. The van der Waals surface area contributed by atoms with Gasteiger partial charge in [-0.3, -0.25) is 14.4 Å². The van der Waals surface area contributed by atoms with Crippen molar-refractivity contribution in [1.82, 2.24) is 0 Å². The highest BCUT2D eigenvalue weighted by Gasteiger charge is 2.23. The summed E-state index contributed by atoms with van der Waals surface area (Å²) in [6, 6.07) is 32.0. The topological polar surface area (TPSA) is 143 Å². The van der Waals surface area contributed by atoms with Crippen LogP contribution < -0.4 is 44.4 Å². The van der Waals surface area contributed by atoms with Gasteiger partial charge in [0, 0.05) is 16.7 Å². The number of carbonyl (C=O) groups is 3. The Morgan fingerprint density at radius 3 is 1.18 bits per heavy atom. The third-order valence-electron chi connectivity index (χ3n) is 12.8. The van der Waals surface area contributed by atoms with Crippen molar-refractivity contribution in [2.45, 2.75) is 102 Å². The lowest BCUT2D eigenvalue weighted by molar-refractivity contribution is 0.101. The molecule has 3 N–H and O–H groups in total. The largest absolute Gasteiger partial charge is 0.493 e. The standard InChI is InChI=1S/C20H22ClNO3.C19H19Cl2NO3.C19H20FNO3/c1-13-6-5-9-16(21)19(13)22-20(23)14-10-11-17(24-2)18(12-14)25-15-7-3-4-8-15;1-24-16-10-9-12(11-17(16)25-13-5-2-3-6-13)19(23)22-18-14(20)7-4-8-15(18)21;1-23-17-11-10-13(12-18(17)24-14-6-2-3-7-14)19(22)21-16-9-5-4-8-15(16)20/h5-6,9-12,15H,3-4,7-8H2,1-2H3,(H,22,23);4,7-11,13H,2-3,5-6H2,1H3,(H,22,23);4-5,8-12,14H,2-3,6-7H2,1H3,(H,21,22). The number of anilines is 3. The van der Waals surface area contributed by atoms with Crippen LogP contribution in [0.2, 0.25) is 15.1 Å². The number of rotatable bonds is 15. The molecule has 16 heteroatoms. The number of methoxy groups -OCH3 is 3. The first kappa shape index (κ1) is 55.1. The van der Waals surface area contributed by atoms with Gasteiger partial charge >= 0.3 is 0 Å². The van der Waals surface area contributed by atoms with Crippen LogP contribution in [0.1, 0.15) is 114 Å². The highest BCUT2D eigenvalue weighted by atomic mass is 35.5. The maximum absolute atomic E-state index is 13.7. The molecule has 3 fully saturated rings. The van der Waals surface area contributed by atoms with E-state index < -0.39 is 5.82 Å². The summed E-state index contributed by atoms with van der Waals surface area (Å²) in [5.41, 5.74) is 3.44. The summed E-state index contributed by atoms with van der Waals surface area (Å²) < 4.78 is 47.8. The van der Waals surface area contributed by atoms with Crippen molar-refractivity contribution in [2.75, 3.05) is 37.3 Å². The second-order valence-corrected chi connectivity index (χ2v) is 19.3. The molecule has 0 saturated heterocycles. The number of hydrogen-bond donors (Lipinski definition) is 3. The van der Waals surface area contributed by atoms with E-state index in [2.05, 4.69) is 16.0 Å². The van der Waals surface area contributed by atoms with Crippen LogP contribution in [-0.4, -0.2) is 57.4 Å². The smallest absolute Gasteiger partial charge is 0.255 e. The van der Waals surface area contributed by atoms with E-state index in [1.54, 1.807) is 112 Å². The highest BCUT2D eigenvalue weighted by molar-refractivity contribution is 6.40. The van der Waals surface area contributed by atoms with E-state index in [9.17, 15) is 18.8 Å². The minimum Gasteiger partial charge on any atom is -0.493 e. The van der Waals surface area contributed by atoms with Gasteiger partial charge in [0.15, 0.2) is 34.5 Å². The van der Waals surface area contributed by atoms with Crippen LogP contribution in [0.4, 0.5) is 21.5 Å². The Morgan fingerprint density at radius 2 is 0.797 bits per heavy atom. The Bertz CT molecular complexity index is 2710. The Kier molecular flexibility index (Phi) is 20.1. The van der Waals surface area contributed by atoms with Crippen molar-refractivity contribution >= 4 is 69.6 Å².